The summed E-state index contributed by atoms with van der Waals surface area (Å²) in [6, 6.07) is 10.4. The summed E-state index contributed by atoms with van der Waals surface area (Å²) in [5.41, 5.74) is -1.89. The zero-order chi connectivity index (χ0) is 38.7. The van der Waals surface area contributed by atoms with E-state index < -0.39 is 52.8 Å². The Kier molecular flexibility index (Phi) is 11.4. The second-order valence-corrected chi connectivity index (χ2v) is 16.5. The summed E-state index contributed by atoms with van der Waals surface area (Å²) >= 11 is 0. The molecule has 294 valence electrons. The van der Waals surface area contributed by atoms with E-state index in [4.69, 9.17) is 4.74 Å². The molecule has 4 N–H and O–H groups in total. The molecule has 4 aliphatic rings. The van der Waals surface area contributed by atoms with E-state index in [2.05, 4.69) is 26.3 Å². The summed E-state index contributed by atoms with van der Waals surface area (Å²) in [4.78, 5) is 72.2. The van der Waals surface area contributed by atoms with Gasteiger partial charge in [-0.25, -0.2) is 4.68 Å². The molecule has 2 aromatic carbocycles. The largest absolute Gasteiger partial charge is 0.384 e. The van der Waals surface area contributed by atoms with Crippen molar-refractivity contribution in [1.82, 2.24) is 35.8 Å². The molecule has 55 heavy (non-hydrogen) atoms. The summed E-state index contributed by atoms with van der Waals surface area (Å²) in [6.07, 6.45) is 9.88. The normalized spacial score (nSPS) is 22.4. The van der Waals surface area contributed by atoms with Crippen molar-refractivity contribution in [3.05, 3.63) is 59.9 Å². The molecular weight excluding hydrogens is 702 g/mol. The predicted molar refractivity (Wildman–Crippen MR) is 203 cm³/mol. The number of likely N-dealkylation sites (tertiary alicyclic amines) is 1. The fourth-order valence-corrected chi connectivity index (χ4v) is 8.86. The van der Waals surface area contributed by atoms with E-state index in [-0.39, 0.29) is 30.8 Å². The van der Waals surface area contributed by atoms with Crippen molar-refractivity contribution in [2.45, 2.75) is 126 Å². The number of carbonyl (C=O) groups excluding carboxylic acids is 5. The van der Waals surface area contributed by atoms with Gasteiger partial charge in [-0.3, -0.25) is 24.0 Å². The number of amides is 4. The third-order valence-electron chi connectivity index (χ3n) is 12.0. The topological polar surface area (TPSA) is 185 Å². The van der Waals surface area contributed by atoms with Crippen LogP contribution >= 0.6 is 0 Å². The zero-order valence-electron chi connectivity index (χ0n) is 31.8. The van der Waals surface area contributed by atoms with Crippen LogP contribution in [0.4, 0.5) is 0 Å². The van der Waals surface area contributed by atoms with E-state index in [0.717, 1.165) is 49.3 Å². The quantitative estimate of drug-likeness (QED) is 0.201. The van der Waals surface area contributed by atoms with E-state index >= 15 is 0 Å². The SMILES string of the molecule is CC(C)(O)c1cnnn1[C@H]1C[C@@H](C(=O)NC2(C(=O)C(=O)NC3COC3)CCCCC2)N(C(=O)C(CC2CCCCC2)NC(=O)c2ccc3ccccc3c2)C1. The van der Waals surface area contributed by atoms with Gasteiger partial charge in [0.05, 0.1) is 37.2 Å². The van der Waals surface area contributed by atoms with Gasteiger partial charge in [-0.1, -0.05) is 86.9 Å². The summed E-state index contributed by atoms with van der Waals surface area (Å²) in [5, 5.41) is 30.0. The van der Waals surface area contributed by atoms with Gasteiger partial charge in [0.1, 0.15) is 23.2 Å². The minimum absolute atomic E-state index is 0.0550. The first-order valence-electron chi connectivity index (χ1n) is 19.9. The standard InChI is InChI=1S/C41H53N7O7/c1-40(2,54)34-22-42-46-48(34)31-21-33(37(51)45-41(17-9-4-10-18-41)35(49)38(52)43-30-24-55-25-30)47(23-31)39(53)32(19-26-11-5-3-6-12-26)44-36(50)29-16-15-27-13-7-8-14-28(27)20-29/h7-8,13-16,20,22,26,30-33,54H,3-6,9-12,17-19,21,23-25H2,1-2H3,(H,43,52)(H,44,50)(H,45,51)/t31-,32?,33-/m0/s1. The number of ether oxygens (including phenoxy) is 1. The second-order valence-electron chi connectivity index (χ2n) is 16.5. The Morgan fingerprint density at radius 2 is 1.67 bits per heavy atom. The Hall–Kier alpha value is -4.69. The Balaban J connectivity index is 1.19. The molecule has 0 radical (unpaired) electrons. The molecule has 2 saturated heterocycles. The first-order valence-corrected chi connectivity index (χ1v) is 19.9. The van der Waals surface area contributed by atoms with Gasteiger partial charge in [-0.15, -0.1) is 5.10 Å². The molecule has 0 spiro atoms. The molecule has 14 nitrogen and oxygen atoms in total. The van der Waals surface area contributed by atoms with Crippen LogP contribution in [-0.2, 0) is 29.5 Å². The lowest BCUT2D eigenvalue weighted by atomic mass is 9.77. The van der Waals surface area contributed by atoms with Gasteiger partial charge in [-0.2, -0.15) is 0 Å². The van der Waals surface area contributed by atoms with Crippen LogP contribution < -0.4 is 16.0 Å². The van der Waals surface area contributed by atoms with Crippen molar-refractivity contribution < 1.29 is 33.8 Å². The van der Waals surface area contributed by atoms with Crippen LogP contribution in [0.2, 0.25) is 0 Å². The highest BCUT2D eigenvalue weighted by Gasteiger charge is 2.50. The second kappa shape index (κ2) is 16.2. The number of ketones is 1. The highest BCUT2D eigenvalue weighted by molar-refractivity contribution is 6.40. The van der Waals surface area contributed by atoms with E-state index in [1.165, 1.54) is 11.1 Å². The number of aliphatic hydroxyl groups is 1. The maximum absolute atomic E-state index is 15.0. The number of Topliss-reactive ketones (excluding diaryl/α,β-unsaturated/α-hetero) is 1. The van der Waals surface area contributed by atoms with Gasteiger partial charge in [0.2, 0.25) is 17.6 Å². The molecule has 1 aromatic heterocycles. The lowest BCUT2D eigenvalue weighted by Crippen LogP contribution is -2.64. The number of rotatable bonds is 12. The van der Waals surface area contributed by atoms with Crippen molar-refractivity contribution in [2.24, 2.45) is 5.92 Å². The number of carbonyl (C=O) groups is 5. The van der Waals surface area contributed by atoms with Gasteiger partial charge in [-0.05, 0) is 61.9 Å². The molecule has 4 amide bonds. The van der Waals surface area contributed by atoms with Crippen LogP contribution in [0.25, 0.3) is 10.8 Å². The van der Waals surface area contributed by atoms with Gasteiger partial charge in [0.15, 0.2) is 0 Å². The summed E-state index contributed by atoms with van der Waals surface area (Å²) in [7, 11) is 0. The van der Waals surface area contributed by atoms with Gasteiger partial charge >= 0.3 is 0 Å². The average molecular weight is 756 g/mol. The van der Waals surface area contributed by atoms with Gasteiger partial charge < -0.3 is 30.7 Å². The van der Waals surface area contributed by atoms with Crippen LogP contribution in [0.1, 0.15) is 113 Å². The molecule has 3 aromatic rings. The molecule has 7 rings (SSSR count). The molecule has 14 heteroatoms. The first-order chi connectivity index (χ1) is 26.4. The number of aromatic nitrogens is 3. The van der Waals surface area contributed by atoms with Crippen LogP contribution in [-0.4, -0.2) is 97.8 Å². The van der Waals surface area contributed by atoms with Gasteiger partial charge in [0.25, 0.3) is 11.8 Å². The Bertz CT molecular complexity index is 1910. The molecule has 1 unspecified atom stereocenters. The highest BCUT2D eigenvalue weighted by Crippen LogP contribution is 2.35. The molecule has 2 aliphatic carbocycles. The molecule has 2 saturated carbocycles. The molecular formula is C41H53N7O7. The third kappa shape index (κ3) is 8.45. The minimum atomic E-state index is -1.42. The lowest BCUT2D eigenvalue weighted by Gasteiger charge is -2.38. The fraction of sp³-hybridized carbons (Fsp3) is 0.585. The zero-order valence-corrected chi connectivity index (χ0v) is 31.8. The van der Waals surface area contributed by atoms with Crippen molar-refractivity contribution in [1.29, 1.82) is 0 Å². The fourth-order valence-electron chi connectivity index (χ4n) is 8.86. The molecule has 3 atom stereocenters. The van der Waals surface area contributed by atoms with Crippen molar-refractivity contribution in [3.8, 4) is 0 Å². The van der Waals surface area contributed by atoms with E-state index in [1.807, 2.05) is 36.4 Å². The number of nitrogens with zero attached hydrogens (tertiary/aromatic N) is 4. The smallest absolute Gasteiger partial charge is 0.290 e. The lowest BCUT2D eigenvalue weighted by molar-refractivity contribution is -0.148. The Morgan fingerprint density at radius 3 is 2.36 bits per heavy atom. The number of nitrogens with one attached hydrogen (secondary N) is 3. The Morgan fingerprint density at radius 1 is 0.964 bits per heavy atom. The van der Waals surface area contributed by atoms with Crippen LogP contribution in [0, 0.1) is 5.92 Å². The number of benzene rings is 2. The number of hydrogen-bond donors (Lipinski definition) is 4. The predicted octanol–water partition coefficient (Wildman–Crippen LogP) is 3.47. The van der Waals surface area contributed by atoms with Crippen LogP contribution in [0.5, 0.6) is 0 Å². The van der Waals surface area contributed by atoms with Crippen LogP contribution in [0.3, 0.4) is 0 Å². The highest BCUT2D eigenvalue weighted by atomic mass is 16.5. The third-order valence-corrected chi connectivity index (χ3v) is 12.0. The van der Waals surface area contributed by atoms with E-state index in [0.29, 0.717) is 56.6 Å². The molecule has 4 fully saturated rings. The van der Waals surface area contributed by atoms with Crippen molar-refractivity contribution in [3.63, 3.8) is 0 Å². The van der Waals surface area contributed by atoms with Gasteiger partial charge in [0, 0.05) is 18.5 Å². The summed E-state index contributed by atoms with van der Waals surface area (Å²) in [5.74, 6) is -2.57. The van der Waals surface area contributed by atoms with E-state index in [9.17, 15) is 29.1 Å². The first kappa shape index (κ1) is 38.6. The molecule has 2 aliphatic heterocycles. The minimum Gasteiger partial charge on any atom is -0.384 e. The maximum Gasteiger partial charge on any atom is 0.290 e. The summed E-state index contributed by atoms with van der Waals surface area (Å²) < 4.78 is 6.73. The van der Waals surface area contributed by atoms with E-state index in [1.54, 1.807) is 24.6 Å². The monoisotopic (exact) mass is 755 g/mol. The molecule has 0 bridgehead atoms. The van der Waals surface area contributed by atoms with Crippen molar-refractivity contribution in [2.75, 3.05) is 19.8 Å². The summed E-state index contributed by atoms with van der Waals surface area (Å²) in [6.45, 7) is 3.94. The van der Waals surface area contributed by atoms with Crippen LogP contribution in [0.15, 0.2) is 48.7 Å². The number of fused-ring (bicyclic) bond motifs is 1. The van der Waals surface area contributed by atoms with Crippen molar-refractivity contribution >= 4 is 40.2 Å². The number of hydrogen-bond acceptors (Lipinski definition) is 9. The maximum atomic E-state index is 15.0. The average Bonchev–Trinajstić information content (AvgIpc) is 3.85. The Labute approximate surface area is 321 Å². The molecule has 3 heterocycles.